The van der Waals surface area contributed by atoms with Gasteiger partial charge >= 0.3 is 5.97 Å². The molecule has 0 aromatic rings. The molecular formula is C11H20Cl2NO2+. The first-order valence-corrected chi connectivity index (χ1v) is 6.65. The molecule has 0 bridgehead atoms. The largest absolute Gasteiger partial charge is 0.460 e. The number of ether oxygens (including phenoxy) is 1. The van der Waals surface area contributed by atoms with Gasteiger partial charge in [0.05, 0.1) is 20.6 Å². The van der Waals surface area contributed by atoms with Crippen LogP contribution in [0.2, 0.25) is 0 Å². The van der Waals surface area contributed by atoms with E-state index in [0.717, 1.165) is 25.8 Å². The second kappa shape index (κ2) is 6.67. The first-order chi connectivity index (χ1) is 7.50. The lowest BCUT2D eigenvalue weighted by atomic mass is 9.86. The molecule has 16 heavy (non-hydrogen) atoms. The van der Waals surface area contributed by atoms with E-state index in [4.69, 9.17) is 27.9 Å². The zero-order valence-electron chi connectivity index (χ0n) is 9.84. The van der Waals surface area contributed by atoms with Crippen molar-refractivity contribution in [3.63, 3.8) is 0 Å². The first kappa shape index (κ1) is 14.1. The number of hydrogen-bond acceptors (Lipinski definition) is 2. The SMILES string of the molecule is C[NH+](C)C[C@H]1CCCC[C@H]1OC(=O)C(Cl)Cl. The highest BCUT2D eigenvalue weighted by molar-refractivity contribution is 6.52. The van der Waals surface area contributed by atoms with Gasteiger partial charge in [0, 0.05) is 5.92 Å². The number of esters is 1. The molecule has 94 valence electrons. The first-order valence-electron chi connectivity index (χ1n) is 5.78. The van der Waals surface area contributed by atoms with Gasteiger partial charge in [-0.15, -0.1) is 0 Å². The number of carbonyl (C=O) groups excluding carboxylic acids is 1. The van der Waals surface area contributed by atoms with Crippen molar-refractivity contribution in [1.82, 2.24) is 0 Å². The topological polar surface area (TPSA) is 30.7 Å². The molecule has 5 heteroatoms. The Labute approximate surface area is 107 Å². The minimum atomic E-state index is -1.06. The Kier molecular flexibility index (Phi) is 5.87. The van der Waals surface area contributed by atoms with Crippen LogP contribution in [0.4, 0.5) is 0 Å². The molecule has 2 atom stereocenters. The Morgan fingerprint density at radius 3 is 2.56 bits per heavy atom. The number of carbonyl (C=O) groups is 1. The second-order valence-corrected chi connectivity index (χ2v) is 5.83. The lowest BCUT2D eigenvalue weighted by Gasteiger charge is -2.31. The fourth-order valence-corrected chi connectivity index (χ4v) is 2.39. The standard InChI is InChI=1S/C11H19Cl2NO2/c1-14(2)7-8-5-3-4-6-9(8)16-11(15)10(12)13/h8-10H,3-7H2,1-2H3/p+1/t8-,9-/m1/s1. The van der Waals surface area contributed by atoms with Crippen molar-refractivity contribution in [3.8, 4) is 0 Å². The van der Waals surface area contributed by atoms with Crippen molar-refractivity contribution < 1.29 is 14.4 Å². The van der Waals surface area contributed by atoms with Crippen molar-refractivity contribution in [3.05, 3.63) is 0 Å². The average molecular weight is 269 g/mol. The summed E-state index contributed by atoms with van der Waals surface area (Å²) in [5.74, 6) is -0.0660. The summed E-state index contributed by atoms with van der Waals surface area (Å²) in [6.07, 6.45) is 4.39. The number of halogens is 2. The Morgan fingerprint density at radius 1 is 1.38 bits per heavy atom. The highest BCUT2D eigenvalue weighted by Gasteiger charge is 2.31. The molecule has 3 nitrogen and oxygen atoms in total. The van der Waals surface area contributed by atoms with E-state index < -0.39 is 10.8 Å². The molecule has 0 saturated heterocycles. The van der Waals surface area contributed by atoms with E-state index in [1.807, 2.05) is 0 Å². The van der Waals surface area contributed by atoms with Crippen LogP contribution in [-0.4, -0.2) is 37.5 Å². The summed E-state index contributed by atoms with van der Waals surface area (Å²) in [7, 11) is 4.22. The third kappa shape index (κ3) is 4.48. The molecule has 0 aromatic heterocycles. The van der Waals surface area contributed by atoms with E-state index in [-0.39, 0.29) is 6.10 Å². The van der Waals surface area contributed by atoms with E-state index >= 15 is 0 Å². The van der Waals surface area contributed by atoms with E-state index in [1.54, 1.807) is 0 Å². The molecule has 0 aromatic carbocycles. The van der Waals surface area contributed by atoms with Crippen LogP contribution in [0, 0.1) is 5.92 Å². The summed E-state index contributed by atoms with van der Waals surface area (Å²) in [6, 6.07) is 0. The predicted octanol–water partition coefficient (Wildman–Crippen LogP) is 1.04. The minimum Gasteiger partial charge on any atom is -0.460 e. The summed E-state index contributed by atoms with van der Waals surface area (Å²) < 4.78 is 5.35. The molecule has 0 spiro atoms. The van der Waals surface area contributed by atoms with E-state index in [2.05, 4.69) is 14.1 Å². The molecule has 0 unspecified atom stereocenters. The number of nitrogens with one attached hydrogen (secondary N) is 1. The van der Waals surface area contributed by atoms with Crippen LogP contribution in [0.1, 0.15) is 25.7 Å². The zero-order chi connectivity index (χ0) is 12.1. The van der Waals surface area contributed by atoms with Crippen molar-refractivity contribution in [2.75, 3.05) is 20.6 Å². The third-order valence-electron chi connectivity index (χ3n) is 2.96. The maximum Gasteiger partial charge on any atom is 0.339 e. The molecule has 1 rings (SSSR count). The molecule has 0 heterocycles. The van der Waals surface area contributed by atoms with E-state index in [0.29, 0.717) is 5.92 Å². The van der Waals surface area contributed by atoms with E-state index in [1.165, 1.54) is 11.3 Å². The van der Waals surface area contributed by atoms with E-state index in [9.17, 15) is 4.79 Å². The van der Waals surface area contributed by atoms with Gasteiger partial charge in [0.1, 0.15) is 6.10 Å². The molecule has 1 aliphatic rings. The lowest BCUT2D eigenvalue weighted by molar-refractivity contribution is -0.862. The summed E-state index contributed by atoms with van der Waals surface area (Å²) in [5, 5.41) is 0. The Bertz CT molecular complexity index is 234. The molecule has 1 saturated carbocycles. The molecule has 1 N–H and O–H groups in total. The maximum absolute atomic E-state index is 11.3. The maximum atomic E-state index is 11.3. The quantitative estimate of drug-likeness (QED) is 0.610. The predicted molar refractivity (Wildman–Crippen MR) is 65.0 cm³/mol. The molecule has 1 aliphatic carbocycles. The summed E-state index contributed by atoms with van der Waals surface area (Å²) >= 11 is 11.0. The summed E-state index contributed by atoms with van der Waals surface area (Å²) in [6.45, 7) is 1.02. The van der Waals surface area contributed by atoms with Gasteiger partial charge in [-0.3, -0.25) is 0 Å². The number of alkyl halides is 2. The molecule has 1 fully saturated rings. The van der Waals surface area contributed by atoms with Gasteiger partial charge in [-0.05, 0) is 19.3 Å². The van der Waals surface area contributed by atoms with Crippen LogP contribution in [-0.2, 0) is 9.53 Å². The van der Waals surface area contributed by atoms with Gasteiger partial charge in [-0.25, -0.2) is 4.79 Å². The summed E-state index contributed by atoms with van der Waals surface area (Å²) in [4.78, 5) is 11.7. The van der Waals surface area contributed by atoms with Crippen molar-refractivity contribution >= 4 is 29.2 Å². The van der Waals surface area contributed by atoms with Crippen LogP contribution in [0.5, 0.6) is 0 Å². The zero-order valence-corrected chi connectivity index (χ0v) is 11.4. The smallest absolute Gasteiger partial charge is 0.339 e. The molecule has 0 amide bonds. The number of hydrogen-bond donors (Lipinski definition) is 1. The highest BCUT2D eigenvalue weighted by Crippen LogP contribution is 2.26. The summed E-state index contributed by atoms with van der Waals surface area (Å²) in [5.41, 5.74) is 0. The number of quaternary nitrogens is 1. The van der Waals surface area contributed by atoms with Crippen LogP contribution in [0.25, 0.3) is 0 Å². The van der Waals surface area contributed by atoms with Crippen LogP contribution < -0.4 is 4.90 Å². The van der Waals surface area contributed by atoms with Crippen molar-refractivity contribution in [2.24, 2.45) is 5.92 Å². The second-order valence-electron chi connectivity index (χ2n) is 4.73. The molecule has 0 radical (unpaired) electrons. The normalized spacial score (nSPS) is 26.1. The Hall–Kier alpha value is 0.01000. The van der Waals surface area contributed by atoms with Crippen molar-refractivity contribution in [2.45, 2.75) is 36.6 Å². The monoisotopic (exact) mass is 268 g/mol. The number of rotatable bonds is 4. The average Bonchev–Trinajstić information content (AvgIpc) is 2.20. The van der Waals surface area contributed by atoms with Crippen LogP contribution in [0.3, 0.4) is 0 Å². The van der Waals surface area contributed by atoms with Gasteiger partial charge in [0.15, 0.2) is 0 Å². The molecule has 0 aliphatic heterocycles. The van der Waals surface area contributed by atoms with Gasteiger partial charge in [0.25, 0.3) is 0 Å². The minimum absolute atomic E-state index is 0.00356. The van der Waals surface area contributed by atoms with Gasteiger partial charge in [0.2, 0.25) is 4.84 Å². The Balaban J connectivity index is 2.49. The third-order valence-corrected chi connectivity index (χ3v) is 3.31. The van der Waals surface area contributed by atoms with Gasteiger partial charge in [-0.1, -0.05) is 29.6 Å². The highest BCUT2D eigenvalue weighted by atomic mass is 35.5. The van der Waals surface area contributed by atoms with Crippen LogP contribution in [0.15, 0.2) is 0 Å². The fourth-order valence-electron chi connectivity index (χ4n) is 2.29. The lowest BCUT2D eigenvalue weighted by Crippen LogP contribution is -3.06. The van der Waals surface area contributed by atoms with Gasteiger partial charge in [-0.2, -0.15) is 0 Å². The fraction of sp³-hybridized carbons (Fsp3) is 0.909. The molecular weight excluding hydrogens is 249 g/mol. The van der Waals surface area contributed by atoms with Gasteiger partial charge < -0.3 is 9.64 Å². The van der Waals surface area contributed by atoms with Crippen molar-refractivity contribution in [1.29, 1.82) is 0 Å². The Morgan fingerprint density at radius 2 is 2.00 bits per heavy atom. The van der Waals surface area contributed by atoms with Crippen LogP contribution >= 0.6 is 23.2 Å².